The molecule has 0 aliphatic carbocycles. The number of aromatic nitrogens is 2. The largest absolute Gasteiger partial charge is 0.441 e. The number of anilines is 2. The topological polar surface area (TPSA) is 97.1 Å². The monoisotopic (exact) mass is 478 g/mol. The average molecular weight is 479 g/mol. The number of oxazole rings is 1. The van der Waals surface area contributed by atoms with Gasteiger partial charge in [-0.3, -0.25) is 9.59 Å². The molecule has 4 rings (SSSR count). The Morgan fingerprint density at radius 2 is 1.91 bits per heavy atom. The summed E-state index contributed by atoms with van der Waals surface area (Å²) in [6, 6.07) is 10.4. The molecule has 0 radical (unpaired) electrons. The number of thiazole rings is 1. The highest BCUT2D eigenvalue weighted by Crippen LogP contribution is 2.29. The Bertz CT molecular complexity index is 1360. The zero-order valence-electron chi connectivity index (χ0n) is 18.9. The summed E-state index contributed by atoms with van der Waals surface area (Å²) in [5.74, 6) is 0.0994. The number of halogens is 1. The van der Waals surface area contributed by atoms with Crippen LogP contribution < -0.4 is 10.6 Å². The Kier molecular flexibility index (Phi) is 6.83. The van der Waals surface area contributed by atoms with Gasteiger partial charge in [0.05, 0.1) is 11.9 Å². The van der Waals surface area contributed by atoms with Gasteiger partial charge in [-0.05, 0) is 49.2 Å². The SMILES string of the molecule is CC(=O)Nc1ccc(-c2csc(NC(=O)CCc3ncc(-c4ccc(C)c(C)c4)o3)n2)c(F)c1. The number of amides is 2. The predicted octanol–water partition coefficient (Wildman–Crippen LogP) is 5.75. The summed E-state index contributed by atoms with van der Waals surface area (Å²) in [5.41, 5.74) is 4.36. The van der Waals surface area contributed by atoms with Crippen LogP contribution in [0.25, 0.3) is 22.6 Å². The van der Waals surface area contributed by atoms with Crippen molar-refractivity contribution < 1.29 is 18.4 Å². The van der Waals surface area contributed by atoms with Gasteiger partial charge in [0.25, 0.3) is 0 Å². The van der Waals surface area contributed by atoms with Gasteiger partial charge in [0, 0.05) is 42.0 Å². The van der Waals surface area contributed by atoms with Crippen LogP contribution in [0.1, 0.15) is 30.4 Å². The smallest absolute Gasteiger partial charge is 0.226 e. The third kappa shape index (κ3) is 5.55. The van der Waals surface area contributed by atoms with E-state index < -0.39 is 5.82 Å². The number of nitrogens with one attached hydrogen (secondary N) is 2. The summed E-state index contributed by atoms with van der Waals surface area (Å²) >= 11 is 1.20. The fourth-order valence-corrected chi connectivity index (χ4v) is 4.04. The first-order valence-electron chi connectivity index (χ1n) is 10.6. The van der Waals surface area contributed by atoms with E-state index in [1.54, 1.807) is 17.6 Å². The van der Waals surface area contributed by atoms with Gasteiger partial charge in [-0.2, -0.15) is 0 Å². The average Bonchev–Trinajstić information content (AvgIpc) is 3.44. The summed E-state index contributed by atoms with van der Waals surface area (Å²) < 4.78 is 20.2. The van der Waals surface area contributed by atoms with Crippen LogP contribution in [0.3, 0.4) is 0 Å². The van der Waals surface area contributed by atoms with Gasteiger partial charge in [-0.1, -0.05) is 12.1 Å². The Morgan fingerprint density at radius 3 is 2.65 bits per heavy atom. The summed E-state index contributed by atoms with van der Waals surface area (Å²) in [6.45, 7) is 5.45. The third-order valence-corrected chi connectivity index (χ3v) is 5.98. The van der Waals surface area contributed by atoms with E-state index >= 15 is 0 Å². The van der Waals surface area contributed by atoms with E-state index in [0.717, 1.165) is 5.56 Å². The molecule has 2 heterocycles. The second-order valence-corrected chi connectivity index (χ2v) is 8.74. The zero-order chi connectivity index (χ0) is 24.2. The van der Waals surface area contributed by atoms with Crippen molar-refractivity contribution in [2.45, 2.75) is 33.6 Å². The van der Waals surface area contributed by atoms with Crippen LogP contribution in [0.5, 0.6) is 0 Å². The maximum Gasteiger partial charge on any atom is 0.226 e. The summed E-state index contributed by atoms with van der Waals surface area (Å²) in [7, 11) is 0. The number of rotatable bonds is 7. The Balaban J connectivity index is 1.34. The molecule has 2 aromatic carbocycles. The van der Waals surface area contributed by atoms with Gasteiger partial charge < -0.3 is 15.1 Å². The molecule has 34 heavy (non-hydrogen) atoms. The summed E-state index contributed by atoms with van der Waals surface area (Å²) in [4.78, 5) is 32.1. The lowest BCUT2D eigenvalue weighted by Crippen LogP contribution is -2.12. The van der Waals surface area contributed by atoms with Crippen LogP contribution in [0.15, 0.2) is 52.4 Å². The maximum absolute atomic E-state index is 14.4. The maximum atomic E-state index is 14.4. The Morgan fingerprint density at radius 1 is 1.09 bits per heavy atom. The van der Waals surface area contributed by atoms with Crippen molar-refractivity contribution in [1.82, 2.24) is 9.97 Å². The van der Waals surface area contributed by atoms with Crippen LogP contribution in [0.2, 0.25) is 0 Å². The van der Waals surface area contributed by atoms with E-state index in [2.05, 4.69) is 27.5 Å². The van der Waals surface area contributed by atoms with Gasteiger partial charge in [-0.15, -0.1) is 11.3 Å². The molecule has 0 aliphatic rings. The molecule has 0 aliphatic heterocycles. The number of aryl methyl sites for hydroxylation is 3. The first kappa shape index (κ1) is 23.3. The van der Waals surface area contributed by atoms with E-state index in [1.807, 2.05) is 25.1 Å². The standard InChI is InChI=1S/C25H23FN4O3S/c1-14-4-5-17(10-15(14)2)22-12-27-24(33-22)9-8-23(32)30-25-29-21(13-34-25)19-7-6-18(11-20(19)26)28-16(3)31/h4-7,10-13H,8-9H2,1-3H3,(H,28,31)(H,29,30,32). The molecule has 0 fully saturated rings. The minimum absolute atomic E-state index is 0.168. The van der Waals surface area contributed by atoms with Crippen molar-refractivity contribution in [3.05, 3.63) is 70.8 Å². The van der Waals surface area contributed by atoms with Gasteiger partial charge in [0.2, 0.25) is 11.8 Å². The number of hydrogen-bond acceptors (Lipinski definition) is 6. The van der Waals surface area contributed by atoms with E-state index in [9.17, 15) is 14.0 Å². The zero-order valence-corrected chi connectivity index (χ0v) is 19.8. The molecule has 0 bridgehead atoms. The summed E-state index contributed by atoms with van der Waals surface area (Å²) in [5, 5.41) is 7.29. The van der Waals surface area contributed by atoms with Gasteiger partial charge in [0.15, 0.2) is 16.8 Å². The number of hydrogen-bond donors (Lipinski definition) is 2. The van der Waals surface area contributed by atoms with Crippen LogP contribution in [0, 0.1) is 19.7 Å². The second-order valence-electron chi connectivity index (χ2n) is 7.88. The van der Waals surface area contributed by atoms with Crippen LogP contribution in [0.4, 0.5) is 15.2 Å². The molecule has 0 saturated carbocycles. The predicted molar refractivity (Wildman–Crippen MR) is 130 cm³/mol. The molecule has 0 unspecified atom stereocenters. The minimum atomic E-state index is -0.516. The highest BCUT2D eigenvalue weighted by atomic mass is 32.1. The fraction of sp³-hybridized carbons (Fsp3) is 0.200. The van der Waals surface area contributed by atoms with E-state index in [0.29, 0.717) is 34.6 Å². The normalized spacial score (nSPS) is 10.8. The molecular formula is C25H23FN4O3S. The summed E-state index contributed by atoms with van der Waals surface area (Å²) in [6.07, 6.45) is 2.17. The van der Waals surface area contributed by atoms with Crippen molar-refractivity contribution in [2.24, 2.45) is 0 Å². The molecule has 2 amide bonds. The molecule has 2 aromatic heterocycles. The fourth-order valence-electron chi connectivity index (χ4n) is 3.31. The van der Waals surface area contributed by atoms with E-state index in [-0.39, 0.29) is 23.8 Å². The molecular weight excluding hydrogens is 455 g/mol. The van der Waals surface area contributed by atoms with E-state index in [4.69, 9.17) is 4.42 Å². The Labute approximate surface area is 200 Å². The van der Waals surface area contributed by atoms with Gasteiger partial charge in [-0.25, -0.2) is 14.4 Å². The van der Waals surface area contributed by atoms with Crippen molar-refractivity contribution in [2.75, 3.05) is 10.6 Å². The van der Waals surface area contributed by atoms with E-state index in [1.165, 1.54) is 41.5 Å². The molecule has 0 atom stereocenters. The first-order chi connectivity index (χ1) is 16.3. The number of carbonyl (C=O) groups is 2. The highest BCUT2D eigenvalue weighted by Gasteiger charge is 2.14. The molecule has 9 heteroatoms. The first-order valence-corrected chi connectivity index (χ1v) is 11.5. The third-order valence-electron chi connectivity index (χ3n) is 5.23. The number of carbonyl (C=O) groups excluding carboxylic acids is 2. The minimum Gasteiger partial charge on any atom is -0.441 e. The van der Waals surface area contributed by atoms with Crippen LogP contribution >= 0.6 is 11.3 Å². The number of benzene rings is 2. The van der Waals surface area contributed by atoms with Crippen molar-refractivity contribution in [1.29, 1.82) is 0 Å². The second kappa shape index (κ2) is 9.96. The van der Waals surface area contributed by atoms with Gasteiger partial charge in [0.1, 0.15) is 5.82 Å². The van der Waals surface area contributed by atoms with Crippen molar-refractivity contribution in [3.63, 3.8) is 0 Å². The van der Waals surface area contributed by atoms with Crippen LogP contribution in [-0.4, -0.2) is 21.8 Å². The highest BCUT2D eigenvalue weighted by molar-refractivity contribution is 7.14. The Hall–Kier alpha value is -3.85. The number of nitrogens with zero attached hydrogens (tertiary/aromatic N) is 2. The van der Waals surface area contributed by atoms with Crippen molar-refractivity contribution >= 4 is 34.0 Å². The lowest BCUT2D eigenvalue weighted by atomic mass is 10.1. The lowest BCUT2D eigenvalue weighted by molar-refractivity contribution is -0.116. The quantitative estimate of drug-likeness (QED) is 0.352. The van der Waals surface area contributed by atoms with Crippen LogP contribution in [-0.2, 0) is 16.0 Å². The molecule has 2 N–H and O–H groups in total. The van der Waals surface area contributed by atoms with Gasteiger partial charge >= 0.3 is 0 Å². The lowest BCUT2D eigenvalue weighted by Gasteiger charge is -2.05. The molecule has 7 nitrogen and oxygen atoms in total. The molecule has 0 spiro atoms. The molecule has 0 saturated heterocycles. The molecule has 4 aromatic rings. The van der Waals surface area contributed by atoms with Crippen molar-refractivity contribution in [3.8, 4) is 22.6 Å². The molecule has 174 valence electrons.